The van der Waals surface area contributed by atoms with Crippen LogP contribution in [0.15, 0.2) is 6.33 Å². The van der Waals surface area contributed by atoms with Gasteiger partial charge in [-0.1, -0.05) is 13.3 Å². The standard InChI is InChI=1S/C12H18N4O3/c1-2-4-12(11(18)19)5-3-6-16(7-12)10(17)9-13-8-14-15-9/h8H,2-7H2,1H3,(H,18,19)(H,13,14,15). The number of carbonyl (C=O) groups is 2. The second-order valence-corrected chi connectivity index (χ2v) is 5.00. The van der Waals surface area contributed by atoms with E-state index in [9.17, 15) is 14.7 Å². The summed E-state index contributed by atoms with van der Waals surface area (Å²) in [5.74, 6) is -0.930. The minimum Gasteiger partial charge on any atom is -0.481 e. The molecule has 1 aliphatic heterocycles. The number of nitrogens with one attached hydrogen (secondary N) is 1. The fourth-order valence-corrected chi connectivity index (χ4v) is 2.73. The van der Waals surface area contributed by atoms with Crippen LogP contribution in [-0.2, 0) is 4.79 Å². The van der Waals surface area contributed by atoms with Gasteiger partial charge in [-0.05, 0) is 19.3 Å². The molecular weight excluding hydrogens is 248 g/mol. The van der Waals surface area contributed by atoms with Gasteiger partial charge in [0.15, 0.2) is 0 Å². The molecule has 0 spiro atoms. The molecule has 19 heavy (non-hydrogen) atoms. The van der Waals surface area contributed by atoms with Crippen LogP contribution in [0, 0.1) is 5.41 Å². The number of carboxylic acids is 1. The molecule has 2 N–H and O–H groups in total. The quantitative estimate of drug-likeness (QED) is 0.844. The fourth-order valence-electron chi connectivity index (χ4n) is 2.73. The van der Waals surface area contributed by atoms with E-state index in [4.69, 9.17) is 0 Å². The summed E-state index contributed by atoms with van der Waals surface area (Å²) in [6.07, 6.45) is 3.97. The van der Waals surface area contributed by atoms with Gasteiger partial charge in [0.05, 0.1) is 5.41 Å². The van der Waals surface area contributed by atoms with Crippen LogP contribution in [0.25, 0.3) is 0 Å². The van der Waals surface area contributed by atoms with Crippen molar-refractivity contribution in [3.8, 4) is 0 Å². The third kappa shape index (κ3) is 2.59. The van der Waals surface area contributed by atoms with E-state index in [0.29, 0.717) is 25.8 Å². The minimum atomic E-state index is -0.817. The average Bonchev–Trinajstić information content (AvgIpc) is 2.92. The molecule has 1 atom stereocenters. The molecule has 1 saturated heterocycles. The molecule has 1 aromatic rings. The maximum absolute atomic E-state index is 12.2. The van der Waals surface area contributed by atoms with Crippen LogP contribution < -0.4 is 0 Å². The lowest BCUT2D eigenvalue weighted by molar-refractivity contribution is -0.152. The number of nitrogens with zero attached hydrogens (tertiary/aromatic N) is 3. The first-order valence-corrected chi connectivity index (χ1v) is 6.47. The number of aromatic amines is 1. The molecule has 7 nitrogen and oxygen atoms in total. The van der Waals surface area contributed by atoms with Gasteiger partial charge in [-0.3, -0.25) is 14.7 Å². The zero-order valence-electron chi connectivity index (χ0n) is 10.9. The number of aromatic nitrogens is 3. The predicted molar refractivity (Wildman–Crippen MR) is 66.5 cm³/mol. The number of carbonyl (C=O) groups excluding carboxylic acids is 1. The number of rotatable bonds is 4. The molecule has 0 aliphatic carbocycles. The number of carboxylic acid groups (broad SMARTS) is 1. The Hall–Kier alpha value is -1.92. The smallest absolute Gasteiger partial charge is 0.311 e. The summed E-state index contributed by atoms with van der Waals surface area (Å²) in [6.45, 7) is 2.77. The lowest BCUT2D eigenvalue weighted by Crippen LogP contribution is -2.50. The Morgan fingerprint density at radius 3 is 2.95 bits per heavy atom. The number of amides is 1. The lowest BCUT2D eigenvalue weighted by atomic mass is 9.76. The van der Waals surface area contributed by atoms with Gasteiger partial charge in [0.2, 0.25) is 5.82 Å². The number of aliphatic carboxylic acids is 1. The maximum Gasteiger partial charge on any atom is 0.311 e. The third-order valence-electron chi connectivity index (χ3n) is 3.66. The molecular formula is C12H18N4O3. The van der Waals surface area contributed by atoms with E-state index in [1.54, 1.807) is 4.90 Å². The lowest BCUT2D eigenvalue weighted by Gasteiger charge is -2.39. The average molecular weight is 266 g/mol. The Kier molecular flexibility index (Phi) is 3.82. The highest BCUT2D eigenvalue weighted by Crippen LogP contribution is 2.35. The molecule has 1 aliphatic rings. The van der Waals surface area contributed by atoms with E-state index in [0.717, 1.165) is 6.42 Å². The topological polar surface area (TPSA) is 99.2 Å². The Morgan fingerprint density at radius 1 is 1.58 bits per heavy atom. The molecule has 0 bridgehead atoms. The van der Waals surface area contributed by atoms with Gasteiger partial charge in [0, 0.05) is 13.1 Å². The van der Waals surface area contributed by atoms with Crippen molar-refractivity contribution in [2.45, 2.75) is 32.6 Å². The third-order valence-corrected chi connectivity index (χ3v) is 3.66. The summed E-state index contributed by atoms with van der Waals surface area (Å²) >= 11 is 0. The molecule has 0 saturated carbocycles. The van der Waals surface area contributed by atoms with Crippen LogP contribution in [0.3, 0.4) is 0 Å². The second-order valence-electron chi connectivity index (χ2n) is 5.00. The van der Waals surface area contributed by atoms with Gasteiger partial charge in [-0.2, -0.15) is 5.10 Å². The van der Waals surface area contributed by atoms with E-state index >= 15 is 0 Å². The van der Waals surface area contributed by atoms with E-state index < -0.39 is 11.4 Å². The molecule has 0 radical (unpaired) electrons. The van der Waals surface area contributed by atoms with Crippen molar-refractivity contribution in [2.24, 2.45) is 5.41 Å². The van der Waals surface area contributed by atoms with Crippen molar-refractivity contribution >= 4 is 11.9 Å². The van der Waals surface area contributed by atoms with Crippen LogP contribution in [0.2, 0.25) is 0 Å². The van der Waals surface area contributed by atoms with Crippen LogP contribution >= 0.6 is 0 Å². The highest BCUT2D eigenvalue weighted by atomic mass is 16.4. The Morgan fingerprint density at radius 2 is 2.37 bits per heavy atom. The van der Waals surface area contributed by atoms with Gasteiger partial charge in [0.25, 0.3) is 5.91 Å². The number of hydrogen-bond acceptors (Lipinski definition) is 4. The molecule has 0 aromatic carbocycles. The highest BCUT2D eigenvalue weighted by molar-refractivity contribution is 5.91. The largest absolute Gasteiger partial charge is 0.481 e. The summed E-state index contributed by atoms with van der Waals surface area (Å²) < 4.78 is 0. The molecule has 1 aromatic heterocycles. The zero-order valence-corrected chi connectivity index (χ0v) is 10.9. The van der Waals surface area contributed by atoms with E-state index in [1.165, 1.54) is 6.33 Å². The number of H-pyrrole nitrogens is 1. The molecule has 1 unspecified atom stereocenters. The summed E-state index contributed by atoms with van der Waals surface area (Å²) in [7, 11) is 0. The summed E-state index contributed by atoms with van der Waals surface area (Å²) in [6, 6.07) is 0. The van der Waals surface area contributed by atoms with Crippen LogP contribution in [0.4, 0.5) is 0 Å². The van der Waals surface area contributed by atoms with E-state index in [1.807, 2.05) is 6.92 Å². The molecule has 7 heteroatoms. The maximum atomic E-state index is 12.2. The van der Waals surface area contributed by atoms with Crippen LogP contribution in [0.5, 0.6) is 0 Å². The van der Waals surface area contributed by atoms with Gasteiger partial charge in [-0.15, -0.1) is 0 Å². The molecule has 104 valence electrons. The summed E-state index contributed by atoms with van der Waals surface area (Å²) in [5, 5.41) is 15.6. The normalized spacial score (nSPS) is 23.3. The highest BCUT2D eigenvalue weighted by Gasteiger charge is 2.43. The van der Waals surface area contributed by atoms with E-state index in [-0.39, 0.29) is 18.3 Å². The van der Waals surface area contributed by atoms with Crippen LogP contribution in [-0.4, -0.2) is 50.2 Å². The first kappa shape index (κ1) is 13.5. The number of piperidine rings is 1. The predicted octanol–water partition coefficient (Wildman–Crippen LogP) is 0.912. The van der Waals surface area contributed by atoms with Gasteiger partial charge in [-0.25, -0.2) is 4.98 Å². The summed E-state index contributed by atoms with van der Waals surface area (Å²) in [5.41, 5.74) is -0.817. The monoisotopic (exact) mass is 266 g/mol. The summed E-state index contributed by atoms with van der Waals surface area (Å²) in [4.78, 5) is 29.1. The van der Waals surface area contributed by atoms with Crippen LogP contribution in [0.1, 0.15) is 43.2 Å². The SMILES string of the molecule is CCCC1(C(=O)O)CCCN(C(=O)c2ncn[nH]2)C1. The van der Waals surface area contributed by atoms with Gasteiger partial charge in [0.1, 0.15) is 6.33 Å². The van der Waals surface area contributed by atoms with Crippen molar-refractivity contribution in [3.63, 3.8) is 0 Å². The van der Waals surface area contributed by atoms with Crippen molar-refractivity contribution < 1.29 is 14.7 Å². The first-order chi connectivity index (χ1) is 9.09. The number of likely N-dealkylation sites (tertiary alicyclic amines) is 1. The van der Waals surface area contributed by atoms with Crippen molar-refractivity contribution in [1.29, 1.82) is 0 Å². The fraction of sp³-hybridized carbons (Fsp3) is 0.667. The second kappa shape index (κ2) is 5.38. The van der Waals surface area contributed by atoms with Gasteiger partial charge >= 0.3 is 5.97 Å². The Labute approximate surface area is 111 Å². The molecule has 1 amide bonds. The Bertz CT molecular complexity index is 456. The number of hydrogen-bond donors (Lipinski definition) is 2. The zero-order chi connectivity index (χ0) is 13.9. The molecule has 2 heterocycles. The Balaban J connectivity index is 2.16. The first-order valence-electron chi connectivity index (χ1n) is 6.47. The van der Waals surface area contributed by atoms with E-state index in [2.05, 4.69) is 15.2 Å². The minimum absolute atomic E-state index is 0.165. The van der Waals surface area contributed by atoms with Crippen molar-refractivity contribution in [2.75, 3.05) is 13.1 Å². The van der Waals surface area contributed by atoms with Crippen molar-refractivity contribution in [3.05, 3.63) is 12.2 Å². The van der Waals surface area contributed by atoms with Crippen molar-refractivity contribution in [1.82, 2.24) is 20.1 Å². The molecule has 1 fully saturated rings. The van der Waals surface area contributed by atoms with Gasteiger partial charge < -0.3 is 10.0 Å². The molecule has 2 rings (SSSR count).